The van der Waals surface area contributed by atoms with Crippen molar-refractivity contribution in [2.75, 3.05) is 29.5 Å². The summed E-state index contributed by atoms with van der Waals surface area (Å²) < 4.78 is 0. The van der Waals surface area contributed by atoms with Crippen LogP contribution in [0, 0.1) is 0 Å². The lowest BCUT2D eigenvalue weighted by atomic mass is 10.2. The number of thioether (sulfide) groups is 1. The van der Waals surface area contributed by atoms with Gasteiger partial charge >= 0.3 is 5.97 Å². The lowest BCUT2D eigenvalue weighted by Crippen LogP contribution is -2.52. The topological polar surface area (TPSA) is 69.6 Å². The largest absolute Gasteiger partial charge is 0.480 e. The Labute approximate surface area is 126 Å². The summed E-state index contributed by atoms with van der Waals surface area (Å²) in [4.78, 5) is 24.8. The molecule has 0 aliphatic carbocycles. The van der Waals surface area contributed by atoms with Gasteiger partial charge in [-0.2, -0.15) is 11.8 Å². The summed E-state index contributed by atoms with van der Waals surface area (Å²) in [7, 11) is 0. The van der Waals surface area contributed by atoms with E-state index >= 15 is 0 Å². The summed E-state index contributed by atoms with van der Waals surface area (Å²) in [5.74, 6) is 0.318. The number of hydrogen-bond donors (Lipinski definition) is 2. The number of anilines is 1. The molecule has 1 atom stereocenters. The standard InChI is InChI=1S/C13H15ClN2O3S/c14-9-2-1-3-10(6-9)16(7-12(17)18)13(19)11-8-20-5-4-15-11/h1-3,6,11,15H,4-5,7-8H2,(H,17,18). The zero-order valence-electron chi connectivity index (χ0n) is 10.7. The van der Waals surface area contributed by atoms with Crippen LogP contribution in [0.15, 0.2) is 24.3 Å². The third-order valence-electron chi connectivity index (χ3n) is 2.90. The number of rotatable bonds is 4. The van der Waals surface area contributed by atoms with Crippen LogP contribution in [0.5, 0.6) is 0 Å². The molecule has 2 rings (SSSR count). The fraction of sp³-hybridized carbons (Fsp3) is 0.385. The number of aliphatic carboxylic acids is 1. The average Bonchev–Trinajstić information content (AvgIpc) is 2.45. The fourth-order valence-electron chi connectivity index (χ4n) is 1.99. The zero-order valence-corrected chi connectivity index (χ0v) is 12.3. The molecule has 0 aromatic heterocycles. The van der Waals surface area contributed by atoms with Gasteiger partial charge in [0.1, 0.15) is 6.54 Å². The van der Waals surface area contributed by atoms with Gasteiger partial charge in [-0.05, 0) is 18.2 Å². The van der Waals surface area contributed by atoms with Crippen LogP contribution >= 0.6 is 23.4 Å². The maximum atomic E-state index is 12.5. The van der Waals surface area contributed by atoms with Crippen molar-refractivity contribution in [1.82, 2.24) is 5.32 Å². The van der Waals surface area contributed by atoms with Gasteiger partial charge in [0.15, 0.2) is 0 Å². The van der Waals surface area contributed by atoms with E-state index in [4.69, 9.17) is 16.7 Å². The highest BCUT2D eigenvalue weighted by molar-refractivity contribution is 7.99. The first kappa shape index (κ1) is 15.2. The molecule has 1 saturated heterocycles. The second kappa shape index (κ2) is 6.97. The van der Waals surface area contributed by atoms with Crippen molar-refractivity contribution in [3.8, 4) is 0 Å². The molecule has 0 spiro atoms. The first-order valence-corrected chi connectivity index (χ1v) is 7.71. The van der Waals surface area contributed by atoms with E-state index in [2.05, 4.69) is 5.32 Å². The zero-order chi connectivity index (χ0) is 14.5. The molecule has 20 heavy (non-hydrogen) atoms. The highest BCUT2D eigenvalue weighted by Gasteiger charge is 2.28. The van der Waals surface area contributed by atoms with E-state index in [0.29, 0.717) is 16.5 Å². The summed E-state index contributed by atoms with van der Waals surface area (Å²) in [5, 5.41) is 12.6. The number of carboxylic acid groups (broad SMARTS) is 1. The number of carboxylic acids is 1. The Balaban J connectivity index is 2.22. The molecule has 0 bridgehead atoms. The van der Waals surface area contributed by atoms with Gasteiger partial charge in [-0.15, -0.1) is 0 Å². The van der Waals surface area contributed by atoms with Gasteiger partial charge in [0.25, 0.3) is 0 Å². The average molecular weight is 315 g/mol. The van der Waals surface area contributed by atoms with Gasteiger partial charge in [-0.3, -0.25) is 14.5 Å². The predicted octanol–water partition coefficient (Wildman–Crippen LogP) is 1.46. The number of hydrogen-bond acceptors (Lipinski definition) is 4. The number of carbonyl (C=O) groups excluding carboxylic acids is 1. The normalized spacial score (nSPS) is 18.6. The van der Waals surface area contributed by atoms with Crippen LogP contribution in [0.3, 0.4) is 0 Å². The van der Waals surface area contributed by atoms with Crippen LogP contribution in [-0.2, 0) is 9.59 Å². The van der Waals surface area contributed by atoms with Crippen molar-refractivity contribution in [3.05, 3.63) is 29.3 Å². The van der Waals surface area contributed by atoms with E-state index in [1.807, 2.05) is 0 Å². The third-order valence-corrected chi connectivity index (χ3v) is 4.20. The first-order chi connectivity index (χ1) is 9.58. The molecular weight excluding hydrogens is 300 g/mol. The van der Waals surface area contributed by atoms with Crippen LogP contribution < -0.4 is 10.2 Å². The number of benzene rings is 1. The molecule has 1 aliphatic rings. The smallest absolute Gasteiger partial charge is 0.323 e. The molecule has 1 heterocycles. The SMILES string of the molecule is O=C(O)CN(C(=O)C1CSCCN1)c1cccc(Cl)c1. The van der Waals surface area contributed by atoms with Crippen molar-refractivity contribution in [1.29, 1.82) is 0 Å². The van der Waals surface area contributed by atoms with Crippen LogP contribution in [0.4, 0.5) is 5.69 Å². The Hall–Kier alpha value is -1.24. The van der Waals surface area contributed by atoms with Crippen LogP contribution in [0.25, 0.3) is 0 Å². The van der Waals surface area contributed by atoms with Crippen molar-refractivity contribution in [3.63, 3.8) is 0 Å². The minimum Gasteiger partial charge on any atom is -0.480 e. The Kier molecular flexibility index (Phi) is 5.28. The van der Waals surface area contributed by atoms with Crippen LogP contribution in [0.1, 0.15) is 0 Å². The Morgan fingerprint density at radius 1 is 1.50 bits per heavy atom. The molecule has 7 heteroatoms. The molecule has 1 aromatic rings. The fourth-order valence-corrected chi connectivity index (χ4v) is 3.10. The first-order valence-electron chi connectivity index (χ1n) is 6.18. The van der Waals surface area contributed by atoms with Gasteiger partial charge in [-0.25, -0.2) is 0 Å². The lowest BCUT2D eigenvalue weighted by Gasteiger charge is -2.29. The number of nitrogens with one attached hydrogen (secondary N) is 1. The predicted molar refractivity (Wildman–Crippen MR) is 80.6 cm³/mol. The van der Waals surface area contributed by atoms with Gasteiger partial charge in [0.05, 0.1) is 6.04 Å². The molecule has 0 saturated carbocycles. The van der Waals surface area contributed by atoms with Crippen LogP contribution in [0.2, 0.25) is 5.02 Å². The van der Waals surface area contributed by atoms with Crippen LogP contribution in [-0.4, -0.2) is 47.6 Å². The van der Waals surface area contributed by atoms with Gasteiger partial charge in [-0.1, -0.05) is 17.7 Å². The maximum Gasteiger partial charge on any atom is 0.323 e. The third kappa shape index (κ3) is 3.88. The molecule has 5 nitrogen and oxygen atoms in total. The summed E-state index contributed by atoms with van der Waals surface area (Å²) in [6.07, 6.45) is 0. The minimum atomic E-state index is -1.05. The lowest BCUT2D eigenvalue weighted by molar-refractivity contribution is -0.136. The van der Waals surface area contributed by atoms with E-state index in [-0.39, 0.29) is 18.5 Å². The van der Waals surface area contributed by atoms with Crippen molar-refractivity contribution < 1.29 is 14.7 Å². The highest BCUT2D eigenvalue weighted by atomic mass is 35.5. The Morgan fingerprint density at radius 2 is 2.30 bits per heavy atom. The summed E-state index contributed by atoms with van der Waals surface area (Å²) in [5.41, 5.74) is 0.502. The van der Waals surface area contributed by atoms with Crippen molar-refractivity contribution in [2.45, 2.75) is 6.04 Å². The quantitative estimate of drug-likeness (QED) is 0.880. The molecule has 1 aromatic carbocycles. The molecular formula is C13H15ClN2O3S. The van der Waals surface area contributed by atoms with Crippen molar-refractivity contribution in [2.24, 2.45) is 0 Å². The molecule has 1 fully saturated rings. The molecule has 1 unspecified atom stereocenters. The molecule has 1 aliphatic heterocycles. The molecule has 2 N–H and O–H groups in total. The second-order valence-corrected chi connectivity index (χ2v) is 5.97. The summed E-state index contributed by atoms with van der Waals surface area (Å²) in [6.45, 7) is 0.375. The van der Waals surface area contributed by atoms with E-state index in [1.165, 1.54) is 4.90 Å². The second-order valence-electron chi connectivity index (χ2n) is 4.38. The van der Waals surface area contributed by atoms with Gasteiger partial charge in [0, 0.05) is 28.8 Å². The summed E-state index contributed by atoms with van der Waals surface area (Å²) in [6, 6.07) is 6.31. The minimum absolute atomic E-state index is 0.234. The van der Waals surface area contributed by atoms with Crippen molar-refractivity contribution >= 4 is 40.9 Å². The van der Waals surface area contributed by atoms with Gasteiger partial charge < -0.3 is 10.4 Å². The number of nitrogens with zero attached hydrogens (tertiary/aromatic N) is 1. The Bertz CT molecular complexity index is 506. The van der Waals surface area contributed by atoms with E-state index in [9.17, 15) is 9.59 Å². The maximum absolute atomic E-state index is 12.5. The van der Waals surface area contributed by atoms with Gasteiger partial charge in [0.2, 0.25) is 5.91 Å². The van der Waals surface area contributed by atoms with E-state index in [1.54, 1.807) is 36.0 Å². The molecule has 1 amide bonds. The number of amides is 1. The number of carbonyl (C=O) groups is 2. The monoisotopic (exact) mass is 314 g/mol. The molecule has 0 radical (unpaired) electrons. The Morgan fingerprint density at radius 3 is 2.90 bits per heavy atom. The number of halogens is 1. The summed E-state index contributed by atoms with van der Waals surface area (Å²) >= 11 is 7.59. The van der Waals surface area contributed by atoms with E-state index in [0.717, 1.165) is 12.3 Å². The highest BCUT2D eigenvalue weighted by Crippen LogP contribution is 2.21. The van der Waals surface area contributed by atoms with E-state index < -0.39 is 5.97 Å². The molecule has 108 valence electrons.